The average Bonchev–Trinajstić information content (AvgIpc) is 2.50. The van der Waals surface area contributed by atoms with E-state index in [4.69, 9.17) is 11.6 Å². The molecule has 0 atom stereocenters. The Morgan fingerprint density at radius 2 is 1.77 bits per heavy atom. The Labute approximate surface area is 127 Å². The SMILES string of the molecule is O=c1c(Cl)nn(-c2cccc(C(F)(F)F)c2)c2ccccc12. The van der Waals surface area contributed by atoms with E-state index in [0.717, 1.165) is 12.1 Å². The number of aromatic nitrogens is 2. The minimum atomic E-state index is -4.46. The van der Waals surface area contributed by atoms with Gasteiger partial charge in [0.15, 0.2) is 5.15 Å². The molecule has 22 heavy (non-hydrogen) atoms. The van der Waals surface area contributed by atoms with Crippen molar-refractivity contribution in [3.63, 3.8) is 0 Å². The topological polar surface area (TPSA) is 34.9 Å². The van der Waals surface area contributed by atoms with E-state index in [0.29, 0.717) is 10.9 Å². The molecule has 3 nitrogen and oxygen atoms in total. The van der Waals surface area contributed by atoms with Crippen molar-refractivity contribution in [1.82, 2.24) is 9.78 Å². The predicted molar refractivity (Wildman–Crippen MR) is 77.4 cm³/mol. The highest BCUT2D eigenvalue weighted by Gasteiger charge is 2.30. The largest absolute Gasteiger partial charge is 0.416 e. The van der Waals surface area contributed by atoms with Gasteiger partial charge in [0.05, 0.1) is 22.2 Å². The van der Waals surface area contributed by atoms with Crippen LogP contribution in [0.3, 0.4) is 0 Å². The van der Waals surface area contributed by atoms with Crippen LogP contribution in [-0.2, 0) is 6.18 Å². The van der Waals surface area contributed by atoms with Crippen LogP contribution >= 0.6 is 11.6 Å². The van der Waals surface area contributed by atoms with Crippen molar-refractivity contribution in [2.24, 2.45) is 0 Å². The number of para-hydroxylation sites is 1. The second kappa shape index (κ2) is 5.14. The molecule has 0 bridgehead atoms. The van der Waals surface area contributed by atoms with Gasteiger partial charge in [-0.3, -0.25) is 4.79 Å². The van der Waals surface area contributed by atoms with E-state index in [1.165, 1.54) is 16.8 Å². The summed E-state index contributed by atoms with van der Waals surface area (Å²) in [5.74, 6) is 0. The van der Waals surface area contributed by atoms with E-state index in [1.807, 2.05) is 0 Å². The third-order valence-electron chi connectivity index (χ3n) is 3.17. The molecule has 0 radical (unpaired) electrons. The van der Waals surface area contributed by atoms with Crippen LogP contribution in [-0.4, -0.2) is 9.78 Å². The smallest absolute Gasteiger partial charge is 0.286 e. The molecule has 0 aliphatic heterocycles. The van der Waals surface area contributed by atoms with E-state index in [1.54, 1.807) is 24.3 Å². The maximum atomic E-state index is 12.8. The molecule has 3 aromatic rings. The quantitative estimate of drug-likeness (QED) is 0.676. The second-order valence-corrected chi connectivity index (χ2v) is 4.95. The number of fused-ring (bicyclic) bond motifs is 1. The van der Waals surface area contributed by atoms with E-state index in [-0.39, 0.29) is 10.8 Å². The van der Waals surface area contributed by atoms with Gasteiger partial charge in [-0.1, -0.05) is 29.8 Å². The van der Waals surface area contributed by atoms with Gasteiger partial charge in [-0.05, 0) is 30.3 Å². The normalized spacial score (nSPS) is 11.8. The van der Waals surface area contributed by atoms with Gasteiger partial charge in [-0.2, -0.15) is 18.3 Å². The molecule has 0 amide bonds. The maximum Gasteiger partial charge on any atom is 0.416 e. The first kappa shape index (κ1) is 14.6. The van der Waals surface area contributed by atoms with E-state index in [9.17, 15) is 18.0 Å². The lowest BCUT2D eigenvalue weighted by atomic mass is 10.1. The molecule has 7 heteroatoms. The molecule has 1 aromatic heterocycles. The summed E-state index contributed by atoms with van der Waals surface area (Å²) in [6.07, 6.45) is -4.46. The van der Waals surface area contributed by atoms with Crippen LogP contribution in [0.2, 0.25) is 5.15 Å². The zero-order valence-corrected chi connectivity index (χ0v) is 11.7. The van der Waals surface area contributed by atoms with Crippen LogP contribution in [0.25, 0.3) is 16.6 Å². The minimum absolute atomic E-state index is 0.174. The van der Waals surface area contributed by atoms with Crippen molar-refractivity contribution in [2.75, 3.05) is 0 Å². The summed E-state index contributed by atoms with van der Waals surface area (Å²) in [6.45, 7) is 0. The lowest BCUT2D eigenvalue weighted by Crippen LogP contribution is -2.14. The van der Waals surface area contributed by atoms with E-state index < -0.39 is 17.2 Å². The Balaban J connectivity index is 2.32. The monoisotopic (exact) mass is 324 g/mol. The average molecular weight is 325 g/mol. The van der Waals surface area contributed by atoms with Gasteiger partial charge in [0.1, 0.15) is 0 Å². The number of nitrogens with zero attached hydrogens (tertiary/aromatic N) is 2. The van der Waals surface area contributed by atoms with Crippen molar-refractivity contribution in [3.8, 4) is 5.69 Å². The van der Waals surface area contributed by atoms with Crippen LogP contribution in [0.15, 0.2) is 53.3 Å². The van der Waals surface area contributed by atoms with E-state index in [2.05, 4.69) is 5.10 Å². The van der Waals surface area contributed by atoms with Gasteiger partial charge in [0.25, 0.3) is 0 Å². The summed E-state index contributed by atoms with van der Waals surface area (Å²) in [4.78, 5) is 12.0. The van der Waals surface area contributed by atoms with Gasteiger partial charge in [-0.15, -0.1) is 0 Å². The summed E-state index contributed by atoms with van der Waals surface area (Å²) in [6, 6.07) is 11.1. The number of rotatable bonds is 1. The second-order valence-electron chi connectivity index (χ2n) is 4.60. The lowest BCUT2D eigenvalue weighted by Gasteiger charge is -2.12. The fourth-order valence-electron chi connectivity index (χ4n) is 2.16. The molecule has 1 heterocycles. The fourth-order valence-corrected chi connectivity index (χ4v) is 2.34. The highest BCUT2D eigenvalue weighted by molar-refractivity contribution is 6.29. The number of halogens is 4. The van der Waals surface area contributed by atoms with Crippen LogP contribution in [0, 0.1) is 0 Å². The van der Waals surface area contributed by atoms with Crippen LogP contribution in [0.4, 0.5) is 13.2 Å². The first-order valence-corrected chi connectivity index (χ1v) is 6.61. The minimum Gasteiger partial charge on any atom is -0.286 e. The molecular weight excluding hydrogens is 317 g/mol. The Bertz CT molecular complexity index is 919. The Kier molecular flexibility index (Phi) is 3.41. The van der Waals surface area contributed by atoms with Crippen molar-refractivity contribution >= 4 is 22.5 Å². The van der Waals surface area contributed by atoms with Gasteiger partial charge < -0.3 is 0 Å². The van der Waals surface area contributed by atoms with Crippen LogP contribution in [0.1, 0.15) is 5.56 Å². The molecule has 0 spiro atoms. The van der Waals surface area contributed by atoms with Crippen LogP contribution < -0.4 is 5.43 Å². The molecule has 0 saturated carbocycles. The molecule has 3 rings (SSSR count). The van der Waals surface area contributed by atoms with Crippen LogP contribution in [0.5, 0.6) is 0 Å². The Morgan fingerprint density at radius 1 is 1.05 bits per heavy atom. The third kappa shape index (κ3) is 2.46. The molecule has 112 valence electrons. The summed E-state index contributed by atoms with van der Waals surface area (Å²) in [7, 11) is 0. The van der Waals surface area contributed by atoms with Gasteiger partial charge in [0, 0.05) is 0 Å². The summed E-state index contributed by atoms with van der Waals surface area (Å²) < 4.78 is 39.7. The molecule has 0 unspecified atom stereocenters. The van der Waals surface area contributed by atoms with Crippen molar-refractivity contribution in [3.05, 3.63) is 69.5 Å². The van der Waals surface area contributed by atoms with Gasteiger partial charge >= 0.3 is 6.18 Å². The zero-order valence-electron chi connectivity index (χ0n) is 10.9. The number of benzene rings is 2. The number of hydrogen-bond acceptors (Lipinski definition) is 2. The summed E-state index contributed by atoms with van der Waals surface area (Å²) >= 11 is 5.81. The van der Waals surface area contributed by atoms with Crippen molar-refractivity contribution < 1.29 is 13.2 Å². The maximum absolute atomic E-state index is 12.8. The molecule has 2 aromatic carbocycles. The summed E-state index contributed by atoms with van der Waals surface area (Å²) in [5, 5.41) is 3.89. The fraction of sp³-hybridized carbons (Fsp3) is 0.0667. The number of alkyl halides is 3. The molecule has 0 N–H and O–H groups in total. The highest BCUT2D eigenvalue weighted by atomic mass is 35.5. The van der Waals surface area contributed by atoms with E-state index >= 15 is 0 Å². The Hall–Kier alpha value is -2.34. The van der Waals surface area contributed by atoms with Crippen molar-refractivity contribution in [2.45, 2.75) is 6.18 Å². The molecular formula is C15H8ClF3N2O. The molecule has 0 aliphatic rings. The third-order valence-corrected chi connectivity index (χ3v) is 3.42. The number of hydrogen-bond donors (Lipinski definition) is 0. The molecule has 0 fully saturated rings. The van der Waals surface area contributed by atoms with Crippen molar-refractivity contribution in [1.29, 1.82) is 0 Å². The summed E-state index contributed by atoms with van der Waals surface area (Å²) in [5.41, 5.74) is -0.699. The standard InChI is InChI=1S/C15H8ClF3N2O/c16-14-13(22)11-6-1-2-7-12(11)21(20-14)10-5-3-4-9(8-10)15(17,18)19/h1-8H. The first-order chi connectivity index (χ1) is 10.4. The zero-order chi connectivity index (χ0) is 15.9. The lowest BCUT2D eigenvalue weighted by molar-refractivity contribution is -0.137. The van der Waals surface area contributed by atoms with Gasteiger partial charge in [-0.25, -0.2) is 4.68 Å². The predicted octanol–water partition coefficient (Wildman–Crippen LogP) is 4.06. The highest BCUT2D eigenvalue weighted by Crippen LogP contribution is 2.30. The molecule has 0 aliphatic carbocycles. The first-order valence-electron chi connectivity index (χ1n) is 6.23. The van der Waals surface area contributed by atoms with Gasteiger partial charge in [0.2, 0.25) is 5.43 Å². The Morgan fingerprint density at radius 3 is 2.50 bits per heavy atom. The molecule has 0 saturated heterocycles.